The van der Waals surface area contributed by atoms with Crippen LogP contribution in [0.4, 0.5) is 4.79 Å². The first-order valence-electron chi connectivity index (χ1n) is 13.1. The van der Waals surface area contributed by atoms with Crippen molar-refractivity contribution < 1.29 is 33.7 Å². The van der Waals surface area contributed by atoms with E-state index in [1.807, 2.05) is 0 Å². The third-order valence-corrected chi connectivity index (χ3v) is 10.4. The number of rotatable bonds is 4. The van der Waals surface area contributed by atoms with Gasteiger partial charge in [0.05, 0.1) is 19.1 Å². The second kappa shape index (κ2) is 10.5. The first-order chi connectivity index (χ1) is 17.2. The van der Waals surface area contributed by atoms with Crippen LogP contribution in [0.3, 0.4) is 0 Å². The summed E-state index contributed by atoms with van der Waals surface area (Å²) in [6.07, 6.45) is 3.15. The molecule has 0 aromatic rings. The molecule has 210 valence electrons. The highest BCUT2D eigenvalue weighted by Gasteiger charge is 2.65. The Morgan fingerprint density at radius 2 is 1.76 bits per heavy atom. The van der Waals surface area contributed by atoms with E-state index < -0.39 is 34.7 Å². The lowest BCUT2D eigenvalue weighted by Gasteiger charge is -2.63. The minimum absolute atomic E-state index is 0.0361. The number of nitrogens with one attached hydrogen (secondary N) is 1. The SMILES string of the molecule is COC(=O)C1CC[C@H]2[C@@H]3CCC4CC(OC(C)=O)C(O)C[C@]4(C)[C@@H]3C(NC(=O)OCC(Cl)(Cl)Cl)C[C@]12C. The fourth-order valence-corrected chi connectivity index (χ4v) is 8.96. The van der Waals surface area contributed by atoms with E-state index >= 15 is 0 Å². The Morgan fingerprint density at radius 3 is 2.38 bits per heavy atom. The molecule has 37 heavy (non-hydrogen) atoms. The van der Waals surface area contributed by atoms with Gasteiger partial charge in [0.15, 0.2) is 0 Å². The van der Waals surface area contributed by atoms with Gasteiger partial charge in [-0.3, -0.25) is 9.59 Å². The van der Waals surface area contributed by atoms with Crippen molar-refractivity contribution in [2.75, 3.05) is 13.7 Å². The van der Waals surface area contributed by atoms with E-state index in [-0.39, 0.29) is 52.4 Å². The number of methoxy groups -OCH3 is 1. The number of ether oxygens (including phenoxy) is 3. The number of carbonyl (C=O) groups is 3. The second-order valence-electron chi connectivity index (χ2n) is 12.0. The van der Waals surface area contributed by atoms with Crippen molar-refractivity contribution in [3.63, 3.8) is 0 Å². The van der Waals surface area contributed by atoms with Crippen LogP contribution in [-0.2, 0) is 23.8 Å². The average molecular weight is 583 g/mol. The van der Waals surface area contributed by atoms with Crippen molar-refractivity contribution in [3.8, 4) is 0 Å². The minimum Gasteiger partial charge on any atom is -0.469 e. The van der Waals surface area contributed by atoms with Gasteiger partial charge in [-0.15, -0.1) is 0 Å². The molecule has 1 amide bonds. The van der Waals surface area contributed by atoms with Crippen molar-refractivity contribution in [1.29, 1.82) is 0 Å². The van der Waals surface area contributed by atoms with Crippen LogP contribution in [-0.4, -0.2) is 58.9 Å². The summed E-state index contributed by atoms with van der Waals surface area (Å²) in [7, 11) is 1.42. The van der Waals surface area contributed by atoms with Crippen LogP contribution in [0.15, 0.2) is 0 Å². The normalized spacial score (nSPS) is 43.0. The van der Waals surface area contributed by atoms with E-state index in [2.05, 4.69) is 19.2 Å². The van der Waals surface area contributed by atoms with Crippen LogP contribution < -0.4 is 5.32 Å². The lowest BCUT2D eigenvalue weighted by molar-refractivity contribution is -0.188. The number of alkyl halides is 3. The number of hydrogen-bond acceptors (Lipinski definition) is 7. The molecule has 4 fully saturated rings. The number of amides is 1. The van der Waals surface area contributed by atoms with Crippen LogP contribution in [0.25, 0.3) is 0 Å². The standard InChI is InChI=1S/C26H38Cl3NO7/c1-13(31)37-20-9-14-5-6-15-16-7-8-17(22(33)35-4)25(16,3)10-18(21(15)24(14,2)11-19(20)32)30-23(34)36-12-26(27,28)29/h14-21,32H,5-12H2,1-4H3,(H,30,34)/t14?,15-,16-,17?,18?,19?,20?,21-,24-,25-/m0/s1. The van der Waals surface area contributed by atoms with Crippen LogP contribution in [0.2, 0.25) is 0 Å². The van der Waals surface area contributed by atoms with Gasteiger partial charge in [-0.05, 0) is 79.4 Å². The molecule has 2 N–H and O–H groups in total. The molecular formula is C26H38Cl3NO7. The van der Waals surface area contributed by atoms with Crippen LogP contribution in [0.5, 0.6) is 0 Å². The number of alkyl carbamates (subject to hydrolysis) is 1. The Hall–Kier alpha value is -0.960. The molecule has 0 spiro atoms. The Morgan fingerprint density at radius 1 is 1.05 bits per heavy atom. The predicted octanol–water partition coefficient (Wildman–Crippen LogP) is 4.80. The van der Waals surface area contributed by atoms with Crippen molar-refractivity contribution in [2.24, 2.45) is 40.4 Å². The fraction of sp³-hybridized carbons (Fsp3) is 0.885. The largest absolute Gasteiger partial charge is 0.469 e. The van der Waals surface area contributed by atoms with E-state index in [0.29, 0.717) is 19.3 Å². The topological polar surface area (TPSA) is 111 Å². The highest BCUT2D eigenvalue weighted by Crippen LogP contribution is 2.67. The van der Waals surface area contributed by atoms with Gasteiger partial charge in [-0.2, -0.15) is 0 Å². The molecule has 0 aromatic carbocycles. The monoisotopic (exact) mass is 581 g/mol. The highest BCUT2D eigenvalue weighted by molar-refractivity contribution is 6.67. The van der Waals surface area contributed by atoms with Crippen LogP contribution >= 0.6 is 34.8 Å². The van der Waals surface area contributed by atoms with Gasteiger partial charge in [0.2, 0.25) is 3.79 Å². The Kier molecular flexibility index (Phi) is 8.28. The van der Waals surface area contributed by atoms with Gasteiger partial charge < -0.3 is 24.6 Å². The van der Waals surface area contributed by atoms with Crippen LogP contribution in [0, 0.1) is 40.4 Å². The number of halogens is 3. The van der Waals surface area contributed by atoms with Crippen LogP contribution in [0.1, 0.15) is 65.7 Å². The summed E-state index contributed by atoms with van der Waals surface area (Å²) in [6, 6.07) is -0.315. The Balaban J connectivity index is 1.66. The van der Waals surface area contributed by atoms with Crippen molar-refractivity contribution in [2.45, 2.75) is 87.8 Å². The number of aliphatic hydroxyl groups excluding tert-OH is 1. The minimum atomic E-state index is -1.73. The third-order valence-electron chi connectivity index (χ3n) is 10.1. The molecule has 4 aliphatic rings. The lowest BCUT2D eigenvalue weighted by atomic mass is 9.43. The number of fused-ring (bicyclic) bond motifs is 5. The number of carbonyl (C=O) groups excluding carboxylic acids is 3. The molecule has 0 radical (unpaired) electrons. The maximum Gasteiger partial charge on any atom is 0.407 e. The molecule has 11 heteroatoms. The molecule has 8 nitrogen and oxygen atoms in total. The summed E-state index contributed by atoms with van der Waals surface area (Å²) >= 11 is 17.4. The molecule has 0 saturated heterocycles. The van der Waals surface area contributed by atoms with Gasteiger partial charge in [0, 0.05) is 13.0 Å². The summed E-state index contributed by atoms with van der Waals surface area (Å²) in [5, 5.41) is 14.1. The van der Waals surface area contributed by atoms with Crippen molar-refractivity contribution in [3.05, 3.63) is 0 Å². The molecule has 0 aliphatic heterocycles. The van der Waals surface area contributed by atoms with Crippen molar-refractivity contribution in [1.82, 2.24) is 5.32 Å². The number of esters is 2. The van der Waals surface area contributed by atoms with E-state index in [1.54, 1.807) is 0 Å². The van der Waals surface area contributed by atoms with E-state index in [1.165, 1.54) is 14.0 Å². The van der Waals surface area contributed by atoms with Gasteiger partial charge in [-0.25, -0.2) is 4.79 Å². The third kappa shape index (κ3) is 5.55. The van der Waals surface area contributed by atoms with Crippen molar-refractivity contribution >= 4 is 52.8 Å². The summed E-state index contributed by atoms with van der Waals surface area (Å²) in [5.41, 5.74) is -0.658. The molecule has 10 atom stereocenters. The molecular weight excluding hydrogens is 545 g/mol. The first kappa shape index (κ1) is 29.0. The molecule has 0 heterocycles. The Bertz CT molecular complexity index is 913. The smallest absolute Gasteiger partial charge is 0.407 e. The summed E-state index contributed by atoms with van der Waals surface area (Å²) in [4.78, 5) is 37.3. The Labute approximate surface area is 233 Å². The fourth-order valence-electron chi connectivity index (χ4n) is 8.80. The van der Waals surface area contributed by atoms with E-state index in [4.69, 9.17) is 49.0 Å². The first-order valence-corrected chi connectivity index (χ1v) is 14.3. The number of hydrogen-bond donors (Lipinski definition) is 2. The van der Waals surface area contributed by atoms with Gasteiger partial charge in [-0.1, -0.05) is 48.7 Å². The average Bonchev–Trinajstić information content (AvgIpc) is 3.13. The maximum atomic E-state index is 12.9. The highest BCUT2D eigenvalue weighted by atomic mass is 35.6. The summed E-state index contributed by atoms with van der Waals surface area (Å²) in [5.74, 6) is -0.0764. The molecule has 4 aliphatic carbocycles. The summed E-state index contributed by atoms with van der Waals surface area (Å²) < 4.78 is 14.1. The van der Waals surface area contributed by atoms with Gasteiger partial charge >= 0.3 is 18.0 Å². The zero-order chi connectivity index (χ0) is 27.3. The lowest BCUT2D eigenvalue weighted by Crippen LogP contribution is -2.64. The quantitative estimate of drug-likeness (QED) is 0.278. The molecule has 5 unspecified atom stereocenters. The summed E-state index contributed by atoms with van der Waals surface area (Å²) in [6.45, 7) is 5.31. The molecule has 4 saturated carbocycles. The molecule has 0 aromatic heterocycles. The maximum absolute atomic E-state index is 12.9. The second-order valence-corrected chi connectivity index (χ2v) is 14.6. The van der Waals surface area contributed by atoms with Gasteiger partial charge in [0.1, 0.15) is 12.7 Å². The van der Waals surface area contributed by atoms with E-state index in [9.17, 15) is 19.5 Å². The zero-order valence-corrected chi connectivity index (χ0v) is 24.1. The van der Waals surface area contributed by atoms with E-state index in [0.717, 1.165) is 25.7 Å². The molecule has 4 rings (SSSR count). The molecule has 0 bridgehead atoms. The number of aliphatic hydroxyl groups is 1. The predicted molar refractivity (Wildman–Crippen MR) is 138 cm³/mol. The van der Waals surface area contributed by atoms with Gasteiger partial charge in [0.25, 0.3) is 0 Å². The zero-order valence-electron chi connectivity index (χ0n) is 21.8.